The Labute approximate surface area is 127 Å². The van der Waals surface area contributed by atoms with Crippen LogP contribution in [0.2, 0.25) is 0 Å². The predicted octanol–water partition coefficient (Wildman–Crippen LogP) is 6.12. The van der Waals surface area contributed by atoms with Crippen LogP contribution < -0.4 is 0 Å². The van der Waals surface area contributed by atoms with Crippen molar-refractivity contribution in [3.63, 3.8) is 0 Å². The fourth-order valence-electron chi connectivity index (χ4n) is 3.00. The Morgan fingerprint density at radius 3 is 2.05 bits per heavy atom. The fourth-order valence-corrected chi connectivity index (χ4v) is 3.00. The number of unbranched alkanes of at least 4 members (excludes halogenated alkanes) is 1. The smallest absolute Gasteiger partial charge is 0.00517 e. The fraction of sp³-hybridized carbons (Fsp3) is 0.238. The maximum absolute atomic E-state index is 2.42. The average molecular weight is 274 g/mol. The summed E-state index contributed by atoms with van der Waals surface area (Å²) in [5, 5.41) is 0. The SMILES string of the molecule is CCCCC1=CC(c2ccccc2)=C(c2ccccc2)C1. The maximum Gasteiger partial charge on any atom is -0.00517 e. The van der Waals surface area contributed by atoms with Crippen LogP contribution in [0.15, 0.2) is 72.3 Å². The second-order valence-electron chi connectivity index (χ2n) is 5.71. The van der Waals surface area contributed by atoms with E-state index in [9.17, 15) is 0 Å². The van der Waals surface area contributed by atoms with Gasteiger partial charge in [-0.25, -0.2) is 0 Å². The van der Waals surface area contributed by atoms with Gasteiger partial charge in [-0.3, -0.25) is 0 Å². The van der Waals surface area contributed by atoms with E-state index in [1.807, 2.05) is 0 Å². The largest absolute Gasteiger partial charge is 0.0654 e. The van der Waals surface area contributed by atoms with Gasteiger partial charge >= 0.3 is 0 Å². The molecule has 21 heavy (non-hydrogen) atoms. The first kappa shape index (κ1) is 13.9. The Morgan fingerprint density at radius 2 is 1.43 bits per heavy atom. The molecule has 2 aromatic carbocycles. The van der Waals surface area contributed by atoms with Crippen LogP contribution in [0.1, 0.15) is 43.7 Å². The van der Waals surface area contributed by atoms with E-state index in [-0.39, 0.29) is 0 Å². The van der Waals surface area contributed by atoms with Crippen LogP contribution in [0.5, 0.6) is 0 Å². The summed E-state index contributed by atoms with van der Waals surface area (Å²) in [6, 6.07) is 21.6. The van der Waals surface area contributed by atoms with Gasteiger partial charge in [-0.15, -0.1) is 0 Å². The van der Waals surface area contributed by atoms with Crippen molar-refractivity contribution in [3.05, 3.63) is 83.4 Å². The van der Waals surface area contributed by atoms with Crippen LogP contribution in [-0.4, -0.2) is 0 Å². The van der Waals surface area contributed by atoms with Crippen LogP contribution in [0.25, 0.3) is 11.1 Å². The van der Waals surface area contributed by atoms with E-state index in [1.54, 1.807) is 5.57 Å². The zero-order valence-electron chi connectivity index (χ0n) is 12.7. The Kier molecular flexibility index (Phi) is 4.35. The zero-order chi connectivity index (χ0) is 14.5. The molecule has 2 aromatic rings. The van der Waals surface area contributed by atoms with E-state index >= 15 is 0 Å². The molecule has 0 atom stereocenters. The molecule has 0 saturated heterocycles. The molecule has 0 heterocycles. The van der Waals surface area contributed by atoms with Gasteiger partial charge in [0.1, 0.15) is 0 Å². The summed E-state index contributed by atoms with van der Waals surface area (Å²) < 4.78 is 0. The number of allylic oxidation sites excluding steroid dienone is 4. The molecular weight excluding hydrogens is 252 g/mol. The van der Waals surface area contributed by atoms with Gasteiger partial charge in [-0.2, -0.15) is 0 Å². The molecule has 0 N–H and O–H groups in total. The third-order valence-corrected chi connectivity index (χ3v) is 4.14. The molecule has 0 aliphatic heterocycles. The molecular formula is C21H22. The van der Waals surface area contributed by atoms with Gasteiger partial charge in [0.25, 0.3) is 0 Å². The second-order valence-corrected chi connectivity index (χ2v) is 5.71. The normalized spacial score (nSPS) is 14.4. The first-order valence-corrected chi connectivity index (χ1v) is 7.92. The highest BCUT2D eigenvalue weighted by Crippen LogP contribution is 2.40. The lowest BCUT2D eigenvalue weighted by atomic mass is 9.96. The molecule has 0 saturated carbocycles. The van der Waals surface area contributed by atoms with Gasteiger partial charge in [-0.05, 0) is 41.5 Å². The summed E-state index contributed by atoms with van der Waals surface area (Å²) in [6.45, 7) is 2.26. The predicted molar refractivity (Wildman–Crippen MR) is 91.9 cm³/mol. The molecule has 1 aliphatic rings. The summed E-state index contributed by atoms with van der Waals surface area (Å²) in [6.07, 6.45) is 7.30. The molecule has 3 rings (SSSR count). The van der Waals surface area contributed by atoms with Gasteiger partial charge in [-0.1, -0.05) is 85.7 Å². The molecule has 1 aliphatic carbocycles. The van der Waals surface area contributed by atoms with E-state index in [1.165, 1.54) is 41.5 Å². The Hall–Kier alpha value is -2.08. The van der Waals surface area contributed by atoms with Crippen molar-refractivity contribution in [1.82, 2.24) is 0 Å². The highest BCUT2D eigenvalue weighted by Gasteiger charge is 2.18. The molecule has 0 fully saturated rings. The molecule has 0 unspecified atom stereocenters. The van der Waals surface area contributed by atoms with Crippen molar-refractivity contribution < 1.29 is 0 Å². The Balaban J connectivity index is 1.98. The summed E-state index contributed by atoms with van der Waals surface area (Å²) in [4.78, 5) is 0. The van der Waals surface area contributed by atoms with Crippen LogP contribution in [0.4, 0.5) is 0 Å². The average Bonchev–Trinajstić information content (AvgIpc) is 2.99. The maximum atomic E-state index is 2.42. The third-order valence-electron chi connectivity index (χ3n) is 4.14. The van der Waals surface area contributed by atoms with Crippen molar-refractivity contribution >= 4 is 11.1 Å². The minimum Gasteiger partial charge on any atom is -0.0654 e. The minimum atomic E-state index is 1.11. The molecule has 0 heteroatoms. The molecule has 0 amide bonds. The quantitative estimate of drug-likeness (QED) is 0.616. The lowest BCUT2D eigenvalue weighted by Crippen LogP contribution is -1.86. The number of benzene rings is 2. The zero-order valence-corrected chi connectivity index (χ0v) is 12.7. The topological polar surface area (TPSA) is 0 Å². The van der Waals surface area contributed by atoms with E-state index in [4.69, 9.17) is 0 Å². The van der Waals surface area contributed by atoms with Crippen molar-refractivity contribution in [1.29, 1.82) is 0 Å². The lowest BCUT2D eigenvalue weighted by molar-refractivity contribution is 0.780. The van der Waals surface area contributed by atoms with E-state index in [0.29, 0.717) is 0 Å². The first-order valence-electron chi connectivity index (χ1n) is 7.92. The van der Waals surface area contributed by atoms with Crippen molar-refractivity contribution in [2.24, 2.45) is 0 Å². The van der Waals surface area contributed by atoms with Crippen molar-refractivity contribution in [2.75, 3.05) is 0 Å². The highest BCUT2D eigenvalue weighted by molar-refractivity contribution is 5.99. The van der Waals surface area contributed by atoms with E-state index in [2.05, 4.69) is 73.7 Å². The van der Waals surface area contributed by atoms with Crippen molar-refractivity contribution in [3.8, 4) is 0 Å². The van der Waals surface area contributed by atoms with E-state index in [0.717, 1.165) is 6.42 Å². The molecule has 0 radical (unpaired) electrons. The van der Waals surface area contributed by atoms with Gasteiger partial charge in [0.2, 0.25) is 0 Å². The standard InChI is InChI=1S/C21H22/c1-2-3-10-17-15-20(18-11-6-4-7-12-18)21(16-17)19-13-8-5-9-14-19/h4-9,11-15H,2-3,10,16H2,1H3. The van der Waals surface area contributed by atoms with Gasteiger partial charge in [0.05, 0.1) is 0 Å². The molecule has 0 aromatic heterocycles. The minimum absolute atomic E-state index is 1.11. The lowest BCUT2D eigenvalue weighted by Gasteiger charge is -2.08. The molecule has 0 nitrogen and oxygen atoms in total. The summed E-state index contributed by atoms with van der Waals surface area (Å²) in [5.41, 5.74) is 7.16. The molecule has 0 spiro atoms. The first-order chi connectivity index (χ1) is 10.4. The molecule has 106 valence electrons. The van der Waals surface area contributed by atoms with E-state index < -0.39 is 0 Å². The second kappa shape index (κ2) is 6.58. The van der Waals surface area contributed by atoms with Crippen LogP contribution in [0, 0.1) is 0 Å². The number of hydrogen-bond donors (Lipinski definition) is 0. The summed E-state index contributed by atoms with van der Waals surface area (Å²) in [5.74, 6) is 0. The monoisotopic (exact) mass is 274 g/mol. The number of hydrogen-bond acceptors (Lipinski definition) is 0. The molecule has 0 bridgehead atoms. The Morgan fingerprint density at radius 1 is 0.810 bits per heavy atom. The van der Waals surface area contributed by atoms with Crippen molar-refractivity contribution in [2.45, 2.75) is 32.6 Å². The van der Waals surface area contributed by atoms with Gasteiger partial charge in [0, 0.05) is 0 Å². The van der Waals surface area contributed by atoms with Gasteiger partial charge in [0.15, 0.2) is 0 Å². The third kappa shape index (κ3) is 3.16. The highest BCUT2D eigenvalue weighted by atomic mass is 14.2. The Bertz CT molecular complexity index is 645. The summed E-state index contributed by atoms with van der Waals surface area (Å²) in [7, 11) is 0. The van der Waals surface area contributed by atoms with Crippen LogP contribution in [0.3, 0.4) is 0 Å². The number of rotatable bonds is 5. The van der Waals surface area contributed by atoms with Crippen LogP contribution in [-0.2, 0) is 0 Å². The van der Waals surface area contributed by atoms with Gasteiger partial charge < -0.3 is 0 Å². The summed E-state index contributed by atoms with van der Waals surface area (Å²) >= 11 is 0. The van der Waals surface area contributed by atoms with Crippen LogP contribution >= 0.6 is 0 Å².